The molecule has 2 heteroatoms. The monoisotopic (exact) mass is 322 g/mol. The van der Waals surface area contributed by atoms with Crippen molar-refractivity contribution in [1.29, 1.82) is 0 Å². The SMILES string of the molecule is C=C(C)[C@@H]1CCC(C)=C[C@H]1C1C(C)=CC(O)=CC1Br. The zero-order valence-electron chi connectivity index (χ0n) is 12.0. The first-order valence-electron chi connectivity index (χ1n) is 6.96. The molecule has 0 aliphatic heterocycles. The van der Waals surface area contributed by atoms with Crippen LogP contribution < -0.4 is 0 Å². The maximum absolute atomic E-state index is 9.71. The highest BCUT2D eigenvalue weighted by molar-refractivity contribution is 9.09. The van der Waals surface area contributed by atoms with E-state index in [1.165, 1.54) is 29.6 Å². The lowest BCUT2D eigenvalue weighted by Gasteiger charge is -2.39. The molecule has 0 bridgehead atoms. The van der Waals surface area contributed by atoms with Gasteiger partial charge < -0.3 is 5.11 Å². The number of hydrogen-bond acceptors (Lipinski definition) is 1. The lowest BCUT2D eigenvalue weighted by Crippen LogP contribution is -2.32. The molecule has 104 valence electrons. The average molecular weight is 323 g/mol. The molecule has 0 radical (unpaired) electrons. The number of aliphatic hydroxyl groups is 1. The largest absolute Gasteiger partial charge is 0.508 e. The fraction of sp³-hybridized carbons (Fsp3) is 0.529. The Morgan fingerprint density at radius 3 is 2.63 bits per heavy atom. The summed E-state index contributed by atoms with van der Waals surface area (Å²) in [5.41, 5.74) is 4.01. The Balaban J connectivity index is 2.35. The zero-order chi connectivity index (χ0) is 14.2. The molecule has 2 rings (SSSR count). The molecule has 1 nitrogen and oxygen atoms in total. The maximum Gasteiger partial charge on any atom is 0.112 e. The van der Waals surface area contributed by atoms with E-state index >= 15 is 0 Å². The molecular formula is C17H23BrO. The topological polar surface area (TPSA) is 20.2 Å². The Kier molecular flexibility index (Phi) is 4.39. The minimum Gasteiger partial charge on any atom is -0.508 e. The quantitative estimate of drug-likeness (QED) is 0.539. The van der Waals surface area contributed by atoms with Crippen LogP contribution in [0.25, 0.3) is 0 Å². The highest BCUT2D eigenvalue weighted by atomic mass is 79.9. The van der Waals surface area contributed by atoms with Gasteiger partial charge in [0, 0.05) is 10.7 Å². The van der Waals surface area contributed by atoms with Crippen molar-refractivity contribution in [2.24, 2.45) is 17.8 Å². The van der Waals surface area contributed by atoms with Gasteiger partial charge in [0.05, 0.1) is 0 Å². The summed E-state index contributed by atoms with van der Waals surface area (Å²) in [5, 5.41) is 9.71. The molecule has 0 amide bonds. The van der Waals surface area contributed by atoms with Gasteiger partial charge in [0.15, 0.2) is 0 Å². The lowest BCUT2D eigenvalue weighted by atomic mass is 9.68. The van der Waals surface area contributed by atoms with Crippen molar-refractivity contribution in [1.82, 2.24) is 0 Å². The first-order chi connectivity index (χ1) is 8.90. The summed E-state index contributed by atoms with van der Waals surface area (Å²) in [6.07, 6.45) is 8.61. The second kappa shape index (κ2) is 5.70. The highest BCUT2D eigenvalue weighted by Gasteiger charge is 2.36. The molecular weight excluding hydrogens is 300 g/mol. The highest BCUT2D eigenvalue weighted by Crippen LogP contribution is 2.44. The van der Waals surface area contributed by atoms with E-state index in [0.717, 1.165) is 0 Å². The number of aliphatic hydroxyl groups excluding tert-OH is 1. The molecule has 2 unspecified atom stereocenters. The molecule has 4 atom stereocenters. The van der Waals surface area contributed by atoms with Gasteiger partial charge in [-0.25, -0.2) is 0 Å². The second-order valence-corrected chi connectivity index (χ2v) is 7.09. The van der Waals surface area contributed by atoms with Crippen molar-refractivity contribution < 1.29 is 5.11 Å². The second-order valence-electron chi connectivity index (χ2n) is 6.03. The van der Waals surface area contributed by atoms with Crippen LogP contribution in [0, 0.1) is 17.8 Å². The molecule has 0 aromatic heterocycles. The number of halogens is 1. The van der Waals surface area contributed by atoms with Crippen LogP contribution in [0.1, 0.15) is 33.6 Å². The summed E-state index contributed by atoms with van der Waals surface area (Å²) in [6, 6.07) is 0. The van der Waals surface area contributed by atoms with Crippen LogP contribution in [0.15, 0.2) is 47.3 Å². The number of alkyl halides is 1. The van der Waals surface area contributed by atoms with Crippen molar-refractivity contribution in [2.75, 3.05) is 0 Å². The van der Waals surface area contributed by atoms with E-state index in [1.54, 1.807) is 0 Å². The van der Waals surface area contributed by atoms with Gasteiger partial charge in [-0.3, -0.25) is 0 Å². The van der Waals surface area contributed by atoms with E-state index < -0.39 is 0 Å². The van der Waals surface area contributed by atoms with E-state index in [2.05, 4.69) is 49.4 Å². The van der Waals surface area contributed by atoms with Gasteiger partial charge in [-0.2, -0.15) is 0 Å². The first-order valence-corrected chi connectivity index (χ1v) is 7.87. The summed E-state index contributed by atoms with van der Waals surface area (Å²) in [4.78, 5) is 0.200. The smallest absolute Gasteiger partial charge is 0.112 e. The zero-order valence-corrected chi connectivity index (χ0v) is 13.6. The Hall–Kier alpha value is -0.760. The van der Waals surface area contributed by atoms with Crippen LogP contribution in [-0.4, -0.2) is 9.93 Å². The van der Waals surface area contributed by atoms with Gasteiger partial charge >= 0.3 is 0 Å². The third-order valence-electron chi connectivity index (χ3n) is 4.41. The lowest BCUT2D eigenvalue weighted by molar-refractivity contribution is 0.312. The van der Waals surface area contributed by atoms with E-state index in [0.29, 0.717) is 23.5 Å². The van der Waals surface area contributed by atoms with Crippen molar-refractivity contribution in [3.05, 3.63) is 47.3 Å². The Morgan fingerprint density at radius 1 is 1.37 bits per heavy atom. The molecule has 19 heavy (non-hydrogen) atoms. The first kappa shape index (κ1) is 14.6. The molecule has 0 spiro atoms. The fourth-order valence-corrected chi connectivity index (χ4v) is 4.48. The van der Waals surface area contributed by atoms with Crippen molar-refractivity contribution in [2.45, 2.75) is 38.4 Å². The molecule has 0 saturated carbocycles. The standard InChI is InChI=1S/C17H23BrO/c1-10(2)14-6-5-11(3)7-15(14)17-12(4)8-13(19)9-16(17)18/h7-9,14-17,19H,1,5-6H2,2-4H3/t14-,15+,16?,17?/m0/s1. The minimum atomic E-state index is 0.200. The molecule has 0 aromatic carbocycles. The molecule has 1 N–H and O–H groups in total. The molecule has 0 aromatic rings. The number of allylic oxidation sites excluding steroid dienone is 6. The predicted octanol–water partition coefficient (Wildman–Crippen LogP) is 5.32. The molecule has 2 aliphatic rings. The van der Waals surface area contributed by atoms with Crippen LogP contribution >= 0.6 is 15.9 Å². The molecule has 0 saturated heterocycles. The van der Waals surface area contributed by atoms with Crippen LogP contribution in [0.5, 0.6) is 0 Å². The molecule has 2 aliphatic carbocycles. The van der Waals surface area contributed by atoms with E-state index in [4.69, 9.17) is 0 Å². The average Bonchev–Trinajstić information content (AvgIpc) is 2.27. The van der Waals surface area contributed by atoms with Gasteiger partial charge in [0.1, 0.15) is 5.76 Å². The normalized spacial score (nSPS) is 35.3. The van der Waals surface area contributed by atoms with E-state index in [1.807, 2.05) is 12.2 Å². The molecule has 0 fully saturated rings. The van der Waals surface area contributed by atoms with Gasteiger partial charge in [0.25, 0.3) is 0 Å². The van der Waals surface area contributed by atoms with E-state index in [9.17, 15) is 5.11 Å². The fourth-order valence-electron chi connectivity index (χ4n) is 3.44. The van der Waals surface area contributed by atoms with Crippen molar-refractivity contribution in [3.8, 4) is 0 Å². The Labute approximate surface area is 124 Å². The van der Waals surface area contributed by atoms with Crippen LogP contribution in [0.4, 0.5) is 0 Å². The number of hydrogen-bond donors (Lipinski definition) is 1. The summed E-state index contributed by atoms with van der Waals surface area (Å²) in [5.74, 6) is 1.81. The van der Waals surface area contributed by atoms with Gasteiger partial charge in [-0.05, 0) is 57.6 Å². The Bertz CT molecular complexity index is 470. The van der Waals surface area contributed by atoms with Gasteiger partial charge in [0.2, 0.25) is 0 Å². The van der Waals surface area contributed by atoms with Crippen LogP contribution in [0.3, 0.4) is 0 Å². The Morgan fingerprint density at radius 2 is 2.05 bits per heavy atom. The third kappa shape index (κ3) is 3.05. The van der Waals surface area contributed by atoms with Crippen molar-refractivity contribution in [3.63, 3.8) is 0 Å². The third-order valence-corrected chi connectivity index (χ3v) is 5.25. The van der Waals surface area contributed by atoms with Crippen molar-refractivity contribution >= 4 is 15.9 Å². The van der Waals surface area contributed by atoms with Gasteiger partial charge in [-0.1, -0.05) is 45.3 Å². The van der Waals surface area contributed by atoms with E-state index in [-0.39, 0.29) is 4.83 Å². The summed E-state index contributed by atoms with van der Waals surface area (Å²) < 4.78 is 0. The van der Waals surface area contributed by atoms with Crippen LogP contribution in [0.2, 0.25) is 0 Å². The summed E-state index contributed by atoms with van der Waals surface area (Å²) in [7, 11) is 0. The number of rotatable bonds is 2. The van der Waals surface area contributed by atoms with Crippen LogP contribution in [-0.2, 0) is 0 Å². The predicted molar refractivity (Wildman–Crippen MR) is 85.5 cm³/mol. The summed E-state index contributed by atoms with van der Waals surface area (Å²) >= 11 is 3.73. The maximum atomic E-state index is 9.71. The van der Waals surface area contributed by atoms with Gasteiger partial charge in [-0.15, -0.1) is 0 Å². The summed E-state index contributed by atoms with van der Waals surface area (Å²) in [6.45, 7) is 10.7. The minimum absolute atomic E-state index is 0.200. The molecule has 0 heterocycles.